The van der Waals surface area contributed by atoms with Crippen LogP contribution in [0.25, 0.3) is 0 Å². The van der Waals surface area contributed by atoms with Crippen LogP contribution in [0.15, 0.2) is 36.4 Å². The molecule has 2 aliphatic heterocycles. The molecule has 0 bridgehead atoms. The lowest BCUT2D eigenvalue weighted by molar-refractivity contribution is -0.264. The smallest absolute Gasteiger partial charge is 0.430 e. The molecule has 2 saturated heterocycles. The summed E-state index contributed by atoms with van der Waals surface area (Å²) in [7, 11) is 3.29. The van der Waals surface area contributed by atoms with Gasteiger partial charge in [0, 0.05) is 45.8 Å². The van der Waals surface area contributed by atoms with Gasteiger partial charge in [-0.05, 0) is 69.2 Å². The third-order valence-corrected chi connectivity index (χ3v) is 7.95. The topological polar surface area (TPSA) is 86.2 Å². The standard InChI is InChI=1S/C29H36ClF3N4O4/c1-18(2)41-22-7-5-6-21(15-22)28(40,29(31,32)33)27(39)37-16-20(17-37)14-19-10-12-36(13-11-19)24-9-8-23(25(30)34-24)26(38)35(3)4/h5-9,15,18-20,40H,10-14,16-17H2,1-4H3/t28-/m1/s1. The van der Waals surface area contributed by atoms with Crippen molar-refractivity contribution < 1.29 is 32.6 Å². The van der Waals surface area contributed by atoms with E-state index in [0.29, 0.717) is 17.3 Å². The van der Waals surface area contributed by atoms with E-state index in [-0.39, 0.29) is 41.9 Å². The highest BCUT2D eigenvalue weighted by molar-refractivity contribution is 6.32. The van der Waals surface area contributed by atoms with Crippen LogP contribution < -0.4 is 9.64 Å². The summed E-state index contributed by atoms with van der Waals surface area (Å²) >= 11 is 6.27. The number of pyridine rings is 1. The molecular weight excluding hydrogens is 561 g/mol. The summed E-state index contributed by atoms with van der Waals surface area (Å²) in [4.78, 5) is 34.3. The molecule has 41 heavy (non-hydrogen) atoms. The Morgan fingerprint density at radius 1 is 1.12 bits per heavy atom. The third kappa shape index (κ3) is 6.56. The van der Waals surface area contributed by atoms with Gasteiger partial charge in [0.05, 0.1) is 11.7 Å². The van der Waals surface area contributed by atoms with E-state index in [1.165, 1.54) is 17.0 Å². The molecule has 1 N–H and O–H groups in total. The number of anilines is 1. The molecule has 1 aromatic heterocycles. The zero-order valence-electron chi connectivity index (χ0n) is 23.6. The number of benzene rings is 1. The Morgan fingerprint density at radius 2 is 1.78 bits per heavy atom. The van der Waals surface area contributed by atoms with Crippen LogP contribution in [0.1, 0.15) is 49.0 Å². The van der Waals surface area contributed by atoms with Crippen molar-refractivity contribution in [2.75, 3.05) is 45.2 Å². The van der Waals surface area contributed by atoms with E-state index in [1.54, 1.807) is 40.1 Å². The minimum absolute atomic E-state index is 0.0625. The summed E-state index contributed by atoms with van der Waals surface area (Å²) in [5.74, 6) is -0.327. The molecule has 2 amide bonds. The summed E-state index contributed by atoms with van der Waals surface area (Å²) < 4.78 is 47.9. The SMILES string of the molecule is CC(C)Oc1cccc([C@@](O)(C(=O)N2CC(CC3CCN(c4ccc(C(=O)N(C)C)c(Cl)n4)CC3)C2)C(F)(F)F)c1. The predicted molar refractivity (Wildman–Crippen MR) is 149 cm³/mol. The van der Waals surface area contributed by atoms with Crippen molar-refractivity contribution >= 4 is 29.2 Å². The monoisotopic (exact) mass is 596 g/mol. The molecule has 2 aliphatic rings. The molecule has 0 aliphatic carbocycles. The lowest BCUT2D eigenvalue weighted by atomic mass is 9.82. The summed E-state index contributed by atoms with van der Waals surface area (Å²) in [6.45, 7) is 5.25. The van der Waals surface area contributed by atoms with Crippen LogP contribution in [0.3, 0.4) is 0 Å². The van der Waals surface area contributed by atoms with E-state index < -0.39 is 23.2 Å². The van der Waals surface area contributed by atoms with Crippen molar-refractivity contribution in [3.05, 3.63) is 52.7 Å². The molecule has 224 valence electrons. The Kier molecular flexibility index (Phi) is 9.08. The first kappa shape index (κ1) is 30.9. The lowest BCUT2D eigenvalue weighted by Crippen LogP contribution is -2.61. The molecule has 0 spiro atoms. The fourth-order valence-electron chi connectivity index (χ4n) is 5.46. The number of ether oxygens (including phenoxy) is 1. The fraction of sp³-hybridized carbons (Fsp3) is 0.552. The zero-order chi connectivity index (χ0) is 30.1. The molecular formula is C29H36ClF3N4O4. The van der Waals surface area contributed by atoms with Crippen LogP contribution in [0.5, 0.6) is 5.75 Å². The second-order valence-corrected chi connectivity index (χ2v) is 11.7. The minimum Gasteiger partial charge on any atom is -0.491 e. The summed E-state index contributed by atoms with van der Waals surface area (Å²) in [6, 6.07) is 8.45. The average Bonchev–Trinajstić information content (AvgIpc) is 2.88. The van der Waals surface area contributed by atoms with Crippen molar-refractivity contribution in [2.45, 2.75) is 51.0 Å². The third-order valence-electron chi connectivity index (χ3n) is 7.66. The maximum absolute atomic E-state index is 14.1. The van der Waals surface area contributed by atoms with E-state index in [4.69, 9.17) is 16.3 Å². The second-order valence-electron chi connectivity index (χ2n) is 11.4. The number of aliphatic hydroxyl groups is 1. The van der Waals surface area contributed by atoms with E-state index in [1.807, 2.05) is 0 Å². The van der Waals surface area contributed by atoms with Crippen molar-refractivity contribution in [2.24, 2.45) is 11.8 Å². The number of likely N-dealkylation sites (tertiary alicyclic amines) is 1. The quantitative estimate of drug-likeness (QED) is 0.443. The lowest BCUT2D eigenvalue weighted by Gasteiger charge is -2.45. The zero-order valence-corrected chi connectivity index (χ0v) is 24.4. The molecule has 0 radical (unpaired) electrons. The minimum atomic E-state index is -5.20. The number of carbonyl (C=O) groups excluding carboxylic acids is 2. The predicted octanol–water partition coefficient (Wildman–Crippen LogP) is 4.74. The van der Waals surface area contributed by atoms with Gasteiger partial charge in [0.1, 0.15) is 16.7 Å². The van der Waals surface area contributed by atoms with E-state index in [9.17, 15) is 27.9 Å². The Morgan fingerprint density at radius 3 is 2.34 bits per heavy atom. The molecule has 2 aromatic rings. The van der Waals surface area contributed by atoms with Gasteiger partial charge in [-0.15, -0.1) is 0 Å². The Bertz CT molecular complexity index is 1260. The molecule has 3 heterocycles. The Hall–Kier alpha value is -3.05. The number of amides is 2. The molecule has 0 saturated carbocycles. The van der Waals surface area contributed by atoms with Crippen LogP contribution in [0, 0.1) is 11.8 Å². The number of carbonyl (C=O) groups is 2. The number of alkyl halides is 3. The number of aromatic nitrogens is 1. The van der Waals surface area contributed by atoms with Gasteiger partial charge in [-0.25, -0.2) is 4.98 Å². The van der Waals surface area contributed by atoms with E-state index in [2.05, 4.69) is 9.88 Å². The number of rotatable bonds is 8. The fourth-order valence-corrected chi connectivity index (χ4v) is 5.69. The van der Waals surface area contributed by atoms with Gasteiger partial charge < -0.3 is 24.5 Å². The molecule has 2 fully saturated rings. The highest BCUT2D eigenvalue weighted by Gasteiger charge is 2.63. The highest BCUT2D eigenvalue weighted by atomic mass is 35.5. The van der Waals surface area contributed by atoms with Crippen molar-refractivity contribution in [1.29, 1.82) is 0 Å². The van der Waals surface area contributed by atoms with Crippen molar-refractivity contribution in [3.8, 4) is 5.75 Å². The van der Waals surface area contributed by atoms with Gasteiger partial charge in [0.2, 0.25) is 0 Å². The van der Waals surface area contributed by atoms with E-state index in [0.717, 1.165) is 49.4 Å². The largest absolute Gasteiger partial charge is 0.491 e. The van der Waals surface area contributed by atoms with E-state index >= 15 is 0 Å². The van der Waals surface area contributed by atoms with Gasteiger partial charge in [0.15, 0.2) is 0 Å². The number of hydrogen-bond acceptors (Lipinski definition) is 6. The molecule has 12 heteroatoms. The first-order valence-electron chi connectivity index (χ1n) is 13.7. The Labute approximate surface area is 243 Å². The highest BCUT2D eigenvalue weighted by Crippen LogP contribution is 2.43. The molecule has 8 nitrogen and oxygen atoms in total. The normalized spacial score (nSPS) is 18.2. The van der Waals surface area contributed by atoms with Gasteiger partial charge in [0.25, 0.3) is 17.4 Å². The van der Waals surface area contributed by atoms with Crippen LogP contribution >= 0.6 is 11.6 Å². The van der Waals surface area contributed by atoms with Gasteiger partial charge in [-0.2, -0.15) is 13.2 Å². The van der Waals surface area contributed by atoms with Crippen LogP contribution in [0.4, 0.5) is 19.0 Å². The number of hydrogen-bond donors (Lipinski definition) is 1. The first-order chi connectivity index (χ1) is 19.2. The maximum Gasteiger partial charge on any atom is 0.430 e. The first-order valence-corrected chi connectivity index (χ1v) is 14.1. The molecule has 4 rings (SSSR count). The van der Waals surface area contributed by atoms with Crippen molar-refractivity contribution in [1.82, 2.24) is 14.8 Å². The van der Waals surface area contributed by atoms with Crippen LogP contribution in [-0.4, -0.2) is 84.3 Å². The summed E-state index contributed by atoms with van der Waals surface area (Å²) in [6.07, 6.45) is -2.98. The summed E-state index contributed by atoms with van der Waals surface area (Å²) in [5.41, 5.74) is -3.87. The van der Waals surface area contributed by atoms with Crippen LogP contribution in [-0.2, 0) is 10.4 Å². The average molecular weight is 597 g/mol. The number of nitrogens with zero attached hydrogens (tertiary/aromatic N) is 4. The van der Waals surface area contributed by atoms with Gasteiger partial charge >= 0.3 is 6.18 Å². The van der Waals surface area contributed by atoms with Gasteiger partial charge in [-0.3, -0.25) is 9.59 Å². The van der Waals surface area contributed by atoms with Crippen molar-refractivity contribution in [3.63, 3.8) is 0 Å². The Balaban J connectivity index is 1.32. The van der Waals surface area contributed by atoms with Crippen LogP contribution in [0.2, 0.25) is 5.15 Å². The molecule has 1 atom stereocenters. The second kappa shape index (κ2) is 12.1. The van der Waals surface area contributed by atoms with Gasteiger partial charge in [-0.1, -0.05) is 23.7 Å². The number of piperidine rings is 1. The molecule has 1 aromatic carbocycles. The number of halogens is 4. The summed E-state index contributed by atoms with van der Waals surface area (Å²) in [5, 5.41) is 11.0. The molecule has 0 unspecified atom stereocenters. The maximum atomic E-state index is 14.1.